The predicted octanol–water partition coefficient (Wildman–Crippen LogP) is 2.18. The average Bonchev–Trinajstić information content (AvgIpc) is 2.35. The van der Waals surface area contributed by atoms with Crippen molar-refractivity contribution in [2.75, 3.05) is 26.2 Å². The molecule has 1 N–H and O–H groups in total. The number of hydrogen-bond acceptors (Lipinski definition) is 3. The van der Waals surface area contributed by atoms with Gasteiger partial charge >= 0.3 is 0 Å². The fourth-order valence-electron chi connectivity index (χ4n) is 1.74. The van der Waals surface area contributed by atoms with Crippen molar-refractivity contribution in [2.45, 2.75) is 27.2 Å². The first-order chi connectivity index (χ1) is 7.77. The number of rotatable bonds is 4. The van der Waals surface area contributed by atoms with Gasteiger partial charge in [-0.25, -0.2) is 0 Å². The van der Waals surface area contributed by atoms with E-state index in [1.807, 2.05) is 26.1 Å². The Morgan fingerprint density at radius 3 is 2.50 bits per heavy atom. The summed E-state index contributed by atoms with van der Waals surface area (Å²) in [4.78, 5) is 6.82. The van der Waals surface area contributed by atoms with Gasteiger partial charge in [0.2, 0.25) is 0 Å². The van der Waals surface area contributed by atoms with Crippen molar-refractivity contribution in [2.24, 2.45) is 4.99 Å². The van der Waals surface area contributed by atoms with Crippen molar-refractivity contribution in [3.8, 4) is 0 Å². The first kappa shape index (κ1) is 13.0. The lowest BCUT2D eigenvalue weighted by Crippen LogP contribution is -2.42. The molecule has 0 atom stereocenters. The van der Waals surface area contributed by atoms with Crippen molar-refractivity contribution in [1.29, 1.82) is 0 Å². The van der Waals surface area contributed by atoms with E-state index >= 15 is 0 Å². The lowest BCUT2D eigenvalue weighted by Gasteiger charge is -2.31. The summed E-state index contributed by atoms with van der Waals surface area (Å²) in [6.07, 6.45) is 7.16. The van der Waals surface area contributed by atoms with Crippen LogP contribution in [0.2, 0.25) is 0 Å². The number of nitrogens with zero attached hydrogens (tertiary/aromatic N) is 2. The van der Waals surface area contributed by atoms with Crippen LogP contribution in [0.3, 0.4) is 0 Å². The van der Waals surface area contributed by atoms with E-state index in [-0.39, 0.29) is 0 Å². The molecule has 0 aromatic rings. The third kappa shape index (κ3) is 4.19. The van der Waals surface area contributed by atoms with Gasteiger partial charge in [0, 0.05) is 50.2 Å². The maximum atomic E-state index is 4.38. The molecule has 0 bridgehead atoms. The largest absolute Gasteiger partial charge is 0.372 e. The molecule has 0 aromatic heterocycles. The summed E-state index contributed by atoms with van der Waals surface area (Å²) < 4.78 is 0. The first-order valence-electron chi connectivity index (χ1n) is 6.04. The molecule has 3 nitrogen and oxygen atoms in total. The van der Waals surface area contributed by atoms with Crippen LogP contribution in [0, 0.1) is 0 Å². The van der Waals surface area contributed by atoms with Crippen LogP contribution in [-0.4, -0.2) is 37.3 Å². The second kappa shape index (κ2) is 7.23. The summed E-state index contributed by atoms with van der Waals surface area (Å²) in [5.41, 5.74) is 2.46. The molecule has 16 heavy (non-hydrogen) atoms. The number of nitrogens with one attached hydrogen (secondary N) is 1. The van der Waals surface area contributed by atoms with E-state index in [4.69, 9.17) is 0 Å². The van der Waals surface area contributed by atoms with E-state index in [1.165, 1.54) is 5.70 Å². The minimum Gasteiger partial charge on any atom is -0.372 e. The topological polar surface area (TPSA) is 27.6 Å². The molecule has 0 aliphatic carbocycles. The summed E-state index contributed by atoms with van der Waals surface area (Å²) in [6, 6.07) is 0. The molecule has 1 heterocycles. The number of piperazine rings is 1. The standard InChI is InChI=1S/C13H23N3/c1-4-12(3)15-7-6-13(5-2)16-10-8-14-9-11-16/h4-5,7,14H,6,8-11H2,1-3H3/b12-4-,13-5+,15-7?. The van der Waals surface area contributed by atoms with Gasteiger partial charge in [0.05, 0.1) is 0 Å². The van der Waals surface area contributed by atoms with Gasteiger partial charge in [0.25, 0.3) is 0 Å². The lowest BCUT2D eigenvalue weighted by atomic mass is 10.2. The predicted molar refractivity (Wildman–Crippen MR) is 70.7 cm³/mol. The van der Waals surface area contributed by atoms with Crippen molar-refractivity contribution in [3.05, 3.63) is 23.5 Å². The van der Waals surface area contributed by atoms with Crippen molar-refractivity contribution >= 4 is 6.21 Å². The Morgan fingerprint density at radius 2 is 1.94 bits per heavy atom. The molecular weight excluding hydrogens is 198 g/mol. The van der Waals surface area contributed by atoms with Crippen molar-refractivity contribution in [3.63, 3.8) is 0 Å². The maximum Gasteiger partial charge on any atom is 0.0326 e. The third-order valence-electron chi connectivity index (χ3n) is 2.87. The normalized spacial score (nSPS) is 19.6. The Kier molecular flexibility index (Phi) is 5.86. The van der Waals surface area contributed by atoms with Gasteiger partial charge in [-0.15, -0.1) is 0 Å². The van der Waals surface area contributed by atoms with Crippen LogP contribution < -0.4 is 5.32 Å². The van der Waals surface area contributed by atoms with Crippen LogP contribution in [0.1, 0.15) is 27.2 Å². The van der Waals surface area contributed by atoms with Gasteiger partial charge < -0.3 is 10.2 Å². The van der Waals surface area contributed by atoms with Crippen molar-refractivity contribution in [1.82, 2.24) is 10.2 Å². The van der Waals surface area contributed by atoms with Gasteiger partial charge in [-0.1, -0.05) is 12.2 Å². The molecule has 1 rings (SSSR count). The van der Waals surface area contributed by atoms with Crippen molar-refractivity contribution < 1.29 is 0 Å². The minimum absolute atomic E-state index is 0.932. The fourth-order valence-corrected chi connectivity index (χ4v) is 1.74. The molecule has 0 amide bonds. The Morgan fingerprint density at radius 1 is 1.25 bits per heavy atom. The van der Waals surface area contributed by atoms with E-state index in [0.717, 1.165) is 38.3 Å². The van der Waals surface area contributed by atoms with Gasteiger partial charge in [0.1, 0.15) is 0 Å². The van der Waals surface area contributed by atoms with E-state index in [0.29, 0.717) is 0 Å². The van der Waals surface area contributed by atoms with Gasteiger partial charge in [0.15, 0.2) is 0 Å². The smallest absolute Gasteiger partial charge is 0.0326 e. The molecule has 1 aliphatic heterocycles. The summed E-state index contributed by atoms with van der Waals surface area (Å²) in [5.74, 6) is 0. The highest BCUT2D eigenvalue weighted by molar-refractivity contribution is 5.62. The third-order valence-corrected chi connectivity index (χ3v) is 2.87. The summed E-state index contributed by atoms with van der Waals surface area (Å²) in [7, 11) is 0. The van der Waals surface area contributed by atoms with Crippen LogP contribution in [0.15, 0.2) is 28.5 Å². The molecule has 1 saturated heterocycles. The zero-order valence-corrected chi connectivity index (χ0v) is 10.7. The number of hydrogen-bond donors (Lipinski definition) is 1. The van der Waals surface area contributed by atoms with E-state index in [2.05, 4.69) is 28.2 Å². The average molecular weight is 221 g/mol. The lowest BCUT2D eigenvalue weighted by molar-refractivity contribution is 0.296. The monoisotopic (exact) mass is 221 g/mol. The zero-order chi connectivity index (χ0) is 11.8. The molecule has 0 radical (unpaired) electrons. The molecule has 0 saturated carbocycles. The molecule has 1 fully saturated rings. The van der Waals surface area contributed by atoms with Crippen LogP contribution in [0.4, 0.5) is 0 Å². The highest BCUT2D eigenvalue weighted by Gasteiger charge is 2.10. The zero-order valence-electron chi connectivity index (χ0n) is 10.7. The molecule has 3 heteroatoms. The van der Waals surface area contributed by atoms with Gasteiger partial charge in [-0.2, -0.15) is 0 Å². The minimum atomic E-state index is 0.932. The maximum absolute atomic E-state index is 4.38. The summed E-state index contributed by atoms with van der Waals surface area (Å²) in [6.45, 7) is 10.5. The summed E-state index contributed by atoms with van der Waals surface area (Å²) in [5, 5.41) is 3.37. The molecule has 90 valence electrons. The first-order valence-corrected chi connectivity index (χ1v) is 6.04. The van der Waals surface area contributed by atoms with Crippen LogP contribution in [-0.2, 0) is 0 Å². The Hall–Kier alpha value is -1.09. The number of allylic oxidation sites excluding steroid dienone is 4. The quantitative estimate of drug-likeness (QED) is 0.737. The number of aliphatic imine (C=N–C) groups is 1. The molecule has 0 unspecified atom stereocenters. The Balaban J connectivity index is 2.46. The van der Waals surface area contributed by atoms with Gasteiger partial charge in [-0.05, 0) is 20.8 Å². The van der Waals surface area contributed by atoms with E-state index in [9.17, 15) is 0 Å². The Bertz CT molecular complexity index is 284. The summed E-state index contributed by atoms with van der Waals surface area (Å²) >= 11 is 0. The fraction of sp³-hybridized carbons (Fsp3) is 0.615. The molecule has 1 aliphatic rings. The van der Waals surface area contributed by atoms with Crippen LogP contribution in [0.5, 0.6) is 0 Å². The molecule has 0 aromatic carbocycles. The van der Waals surface area contributed by atoms with E-state index in [1.54, 1.807) is 0 Å². The van der Waals surface area contributed by atoms with Gasteiger partial charge in [-0.3, -0.25) is 4.99 Å². The van der Waals surface area contributed by atoms with Crippen LogP contribution in [0.25, 0.3) is 0 Å². The van der Waals surface area contributed by atoms with Crippen LogP contribution >= 0.6 is 0 Å². The highest BCUT2D eigenvalue weighted by atomic mass is 15.2. The second-order valence-corrected chi connectivity index (χ2v) is 3.96. The molecule has 0 spiro atoms. The molecular formula is C13H23N3. The second-order valence-electron chi connectivity index (χ2n) is 3.96. The highest BCUT2D eigenvalue weighted by Crippen LogP contribution is 2.09. The Labute approximate surface area is 98.9 Å². The SMILES string of the molecule is C/C=C(/C)N=CC/C(=C\C)N1CCNCC1. The van der Waals surface area contributed by atoms with E-state index < -0.39 is 0 Å².